The van der Waals surface area contributed by atoms with Gasteiger partial charge in [0.25, 0.3) is 0 Å². The molecule has 0 unspecified atom stereocenters. The molecule has 94 valence electrons. The van der Waals surface area contributed by atoms with E-state index in [1.54, 1.807) is 12.2 Å². The Labute approximate surface area is 99.0 Å². The van der Waals surface area contributed by atoms with Crippen molar-refractivity contribution >= 4 is 5.97 Å². The highest BCUT2D eigenvalue weighted by molar-refractivity contribution is 5.88. The topological polar surface area (TPSA) is 87.0 Å². The molecule has 4 atom stereocenters. The van der Waals surface area contributed by atoms with Gasteiger partial charge in [0.05, 0.1) is 18.8 Å². The number of methoxy groups -OCH3 is 1. The van der Waals surface area contributed by atoms with E-state index in [4.69, 9.17) is 9.84 Å². The van der Waals surface area contributed by atoms with Crippen LogP contribution in [0.4, 0.5) is 0 Å². The highest BCUT2D eigenvalue weighted by atomic mass is 16.5. The number of aliphatic hydroxyl groups excluding tert-OH is 2. The van der Waals surface area contributed by atoms with Crippen LogP contribution in [0.5, 0.6) is 0 Å². The Morgan fingerprint density at radius 1 is 1.53 bits per heavy atom. The number of carbonyl (C=O) groups is 1. The van der Waals surface area contributed by atoms with E-state index >= 15 is 0 Å². The van der Waals surface area contributed by atoms with E-state index in [0.29, 0.717) is 12.0 Å². The summed E-state index contributed by atoms with van der Waals surface area (Å²) in [4.78, 5) is 11.2. The first kappa shape index (κ1) is 12.3. The summed E-state index contributed by atoms with van der Waals surface area (Å²) in [6, 6.07) is 0. The molecule has 3 N–H and O–H groups in total. The lowest BCUT2D eigenvalue weighted by molar-refractivity contribution is -0.134. The molecule has 0 amide bonds. The average molecular weight is 240 g/mol. The summed E-state index contributed by atoms with van der Waals surface area (Å²) in [5.41, 5.74) is 0.938. The number of rotatable bonds is 3. The molecule has 0 aliphatic heterocycles. The molecule has 0 aromatic heterocycles. The van der Waals surface area contributed by atoms with Crippen molar-refractivity contribution in [3.8, 4) is 0 Å². The summed E-state index contributed by atoms with van der Waals surface area (Å²) >= 11 is 0. The molecule has 0 fully saturated rings. The van der Waals surface area contributed by atoms with Gasteiger partial charge in [0.1, 0.15) is 0 Å². The van der Waals surface area contributed by atoms with Crippen molar-refractivity contribution in [2.75, 3.05) is 13.7 Å². The van der Waals surface area contributed by atoms with E-state index in [-0.39, 0.29) is 24.2 Å². The number of aliphatic carboxylic acids is 1. The van der Waals surface area contributed by atoms with Crippen LogP contribution in [0.15, 0.2) is 23.3 Å². The Morgan fingerprint density at radius 3 is 2.76 bits per heavy atom. The van der Waals surface area contributed by atoms with Crippen molar-refractivity contribution in [2.24, 2.45) is 11.8 Å². The van der Waals surface area contributed by atoms with Gasteiger partial charge in [-0.05, 0) is 12.0 Å². The van der Waals surface area contributed by atoms with Gasteiger partial charge in [-0.15, -0.1) is 0 Å². The maximum Gasteiger partial charge on any atom is 0.331 e. The van der Waals surface area contributed by atoms with Gasteiger partial charge in [0, 0.05) is 24.5 Å². The Hall–Kier alpha value is -1.17. The molecule has 0 heterocycles. The first-order chi connectivity index (χ1) is 8.10. The fraction of sp³-hybridized carbons (Fsp3) is 0.583. The largest absolute Gasteiger partial charge is 0.478 e. The van der Waals surface area contributed by atoms with E-state index in [1.807, 2.05) is 0 Å². The van der Waals surface area contributed by atoms with Gasteiger partial charge in [0.2, 0.25) is 0 Å². The second-order valence-corrected chi connectivity index (χ2v) is 4.42. The first-order valence-electron chi connectivity index (χ1n) is 5.55. The second-order valence-electron chi connectivity index (χ2n) is 4.42. The lowest BCUT2D eigenvalue weighted by Gasteiger charge is -2.33. The third-order valence-corrected chi connectivity index (χ3v) is 3.60. The number of carboxylic acid groups (broad SMARTS) is 1. The Balaban J connectivity index is 2.39. The van der Waals surface area contributed by atoms with E-state index in [1.165, 1.54) is 7.11 Å². The molecule has 2 rings (SSSR count). The second kappa shape index (κ2) is 4.60. The summed E-state index contributed by atoms with van der Waals surface area (Å²) in [7, 11) is 1.50. The molecule has 0 bridgehead atoms. The van der Waals surface area contributed by atoms with Crippen molar-refractivity contribution in [2.45, 2.75) is 18.6 Å². The number of carboxylic acids is 1. The molecular formula is C12H16O5. The molecule has 2 aliphatic carbocycles. The summed E-state index contributed by atoms with van der Waals surface area (Å²) in [5.74, 6) is -1.73. The predicted molar refractivity (Wildman–Crippen MR) is 59.3 cm³/mol. The lowest BCUT2D eigenvalue weighted by atomic mass is 9.75. The van der Waals surface area contributed by atoms with Crippen molar-refractivity contribution < 1.29 is 24.9 Å². The molecular weight excluding hydrogens is 224 g/mol. The minimum atomic E-state index is -0.985. The van der Waals surface area contributed by atoms with E-state index in [9.17, 15) is 15.0 Å². The molecule has 0 radical (unpaired) electrons. The third kappa shape index (κ3) is 1.90. The normalized spacial score (nSPS) is 36.2. The number of hydrogen-bond acceptors (Lipinski definition) is 4. The zero-order chi connectivity index (χ0) is 12.6. The van der Waals surface area contributed by atoms with E-state index in [0.717, 1.165) is 0 Å². The lowest BCUT2D eigenvalue weighted by Crippen LogP contribution is -2.38. The predicted octanol–water partition coefficient (Wildman–Crippen LogP) is -0.0583. The summed E-state index contributed by atoms with van der Waals surface area (Å²) < 4.78 is 5.24. The van der Waals surface area contributed by atoms with E-state index < -0.39 is 18.0 Å². The summed E-state index contributed by atoms with van der Waals surface area (Å²) in [5, 5.41) is 28.4. The molecule has 0 saturated carbocycles. The molecule has 2 aliphatic rings. The van der Waals surface area contributed by atoms with Crippen molar-refractivity contribution in [3.63, 3.8) is 0 Å². The molecule has 17 heavy (non-hydrogen) atoms. The van der Waals surface area contributed by atoms with Crippen LogP contribution in [0, 0.1) is 11.8 Å². The van der Waals surface area contributed by atoms with Crippen LogP contribution < -0.4 is 0 Å². The maximum absolute atomic E-state index is 11.2. The maximum atomic E-state index is 11.2. The molecule has 0 saturated heterocycles. The number of fused-ring (bicyclic) bond motifs is 1. The van der Waals surface area contributed by atoms with Crippen LogP contribution >= 0.6 is 0 Å². The molecule has 0 spiro atoms. The van der Waals surface area contributed by atoms with Gasteiger partial charge in [0.15, 0.2) is 0 Å². The van der Waals surface area contributed by atoms with Crippen LogP contribution in [0.2, 0.25) is 0 Å². The van der Waals surface area contributed by atoms with Crippen LogP contribution in [0.3, 0.4) is 0 Å². The zero-order valence-corrected chi connectivity index (χ0v) is 9.54. The van der Waals surface area contributed by atoms with E-state index in [2.05, 4.69) is 0 Å². The van der Waals surface area contributed by atoms with Crippen molar-refractivity contribution in [1.29, 1.82) is 0 Å². The molecule has 0 aromatic rings. The molecule has 5 nitrogen and oxygen atoms in total. The fourth-order valence-corrected chi connectivity index (χ4v) is 2.85. The van der Waals surface area contributed by atoms with Crippen LogP contribution in [-0.2, 0) is 9.53 Å². The number of aliphatic hydroxyl groups is 2. The van der Waals surface area contributed by atoms with Gasteiger partial charge < -0.3 is 20.1 Å². The number of hydrogen-bond donors (Lipinski definition) is 3. The minimum absolute atomic E-state index is 0.176. The van der Waals surface area contributed by atoms with Gasteiger partial charge in [-0.2, -0.15) is 0 Å². The summed E-state index contributed by atoms with van der Waals surface area (Å²) in [6.07, 6.45) is 2.53. The van der Waals surface area contributed by atoms with Gasteiger partial charge in [-0.25, -0.2) is 4.79 Å². The Morgan fingerprint density at radius 2 is 2.24 bits per heavy atom. The SMILES string of the molecule is CO[C@H]1C=C(CO)[C@H]2[C@@H]1C(C(=O)O)=CC[C@H]2O. The first-order valence-corrected chi connectivity index (χ1v) is 5.55. The number of ether oxygens (including phenoxy) is 1. The van der Waals surface area contributed by atoms with Crippen molar-refractivity contribution in [1.82, 2.24) is 0 Å². The van der Waals surface area contributed by atoms with Crippen LogP contribution in [0.25, 0.3) is 0 Å². The van der Waals surface area contributed by atoms with Crippen LogP contribution in [0.1, 0.15) is 6.42 Å². The zero-order valence-electron chi connectivity index (χ0n) is 9.54. The van der Waals surface area contributed by atoms with Gasteiger partial charge in [-0.3, -0.25) is 0 Å². The van der Waals surface area contributed by atoms with Crippen LogP contribution in [-0.4, -0.2) is 47.2 Å². The highest BCUT2D eigenvalue weighted by Gasteiger charge is 2.46. The van der Waals surface area contributed by atoms with Crippen molar-refractivity contribution in [3.05, 3.63) is 23.3 Å². The Bertz CT molecular complexity index is 384. The smallest absolute Gasteiger partial charge is 0.331 e. The quantitative estimate of drug-likeness (QED) is 0.602. The minimum Gasteiger partial charge on any atom is -0.478 e. The molecule has 0 aromatic carbocycles. The standard InChI is InChI=1S/C12H16O5/c1-17-9-4-6(5-13)10-8(14)3-2-7(11(9)10)12(15)16/h2,4,8-11,13-14H,3,5H2,1H3,(H,15,16)/t8-,9+,10-,11-/m1/s1. The van der Waals surface area contributed by atoms with Gasteiger partial charge >= 0.3 is 5.97 Å². The fourth-order valence-electron chi connectivity index (χ4n) is 2.85. The Kier molecular flexibility index (Phi) is 3.33. The molecule has 5 heteroatoms. The summed E-state index contributed by atoms with van der Waals surface area (Å²) in [6.45, 7) is -0.176. The third-order valence-electron chi connectivity index (χ3n) is 3.60. The monoisotopic (exact) mass is 240 g/mol. The highest BCUT2D eigenvalue weighted by Crippen LogP contribution is 2.44. The average Bonchev–Trinajstić information content (AvgIpc) is 2.68. The van der Waals surface area contributed by atoms with Gasteiger partial charge in [-0.1, -0.05) is 12.2 Å².